The molecule has 2 aromatic rings. The number of rotatable bonds is 3. The van der Waals surface area contributed by atoms with Crippen LogP contribution in [0.4, 0.5) is 0 Å². The molecule has 0 radical (unpaired) electrons. The third kappa shape index (κ3) is 2.81. The Balaban J connectivity index is 1.78. The van der Waals surface area contributed by atoms with Crippen LogP contribution in [0.1, 0.15) is 18.5 Å². The van der Waals surface area contributed by atoms with Crippen molar-refractivity contribution in [3.05, 3.63) is 30.5 Å². The Kier molecular flexibility index (Phi) is 3.55. The molecule has 2 aromatic heterocycles. The normalized spacial score (nSPS) is 19.5. The summed E-state index contributed by atoms with van der Waals surface area (Å²) in [6.45, 7) is 2.25. The molecule has 1 aliphatic rings. The predicted molar refractivity (Wildman–Crippen MR) is 73.5 cm³/mol. The van der Waals surface area contributed by atoms with E-state index in [-0.39, 0.29) is 0 Å². The molecule has 100 valence electrons. The Morgan fingerprint density at radius 2 is 2.32 bits per heavy atom. The quantitative estimate of drug-likeness (QED) is 0.903. The van der Waals surface area contributed by atoms with Gasteiger partial charge in [-0.25, -0.2) is 15.0 Å². The van der Waals surface area contributed by atoms with Crippen LogP contribution < -0.4 is 5.32 Å². The maximum atomic E-state index is 4.40. The maximum Gasteiger partial charge on any atom is 0.158 e. The second-order valence-electron chi connectivity index (χ2n) is 5.17. The van der Waals surface area contributed by atoms with Crippen LogP contribution in [0.5, 0.6) is 0 Å². The summed E-state index contributed by atoms with van der Waals surface area (Å²) in [6, 6.07) is 2.07. The lowest BCUT2D eigenvalue weighted by molar-refractivity contribution is 0.373. The topological polar surface area (TPSA) is 55.6 Å². The lowest BCUT2D eigenvalue weighted by Gasteiger charge is -2.22. The Morgan fingerprint density at radius 3 is 3.05 bits per heavy atom. The van der Waals surface area contributed by atoms with E-state index in [1.165, 1.54) is 12.8 Å². The zero-order valence-electron chi connectivity index (χ0n) is 11.2. The van der Waals surface area contributed by atoms with E-state index >= 15 is 0 Å². The molecule has 0 aliphatic carbocycles. The molecule has 0 bridgehead atoms. The Hall–Kier alpha value is -1.75. The summed E-state index contributed by atoms with van der Waals surface area (Å²) in [5.74, 6) is 1.59. The molecule has 5 nitrogen and oxygen atoms in total. The van der Waals surface area contributed by atoms with E-state index in [1.807, 2.05) is 17.8 Å². The van der Waals surface area contributed by atoms with Gasteiger partial charge in [-0.3, -0.25) is 0 Å². The van der Waals surface area contributed by atoms with Crippen LogP contribution in [0.25, 0.3) is 11.5 Å². The first kappa shape index (κ1) is 12.3. The second kappa shape index (κ2) is 5.48. The third-order valence-corrected chi connectivity index (χ3v) is 3.67. The van der Waals surface area contributed by atoms with E-state index in [0.717, 1.165) is 36.7 Å². The molecule has 5 heteroatoms. The highest BCUT2D eigenvalue weighted by atomic mass is 15.1. The van der Waals surface area contributed by atoms with Gasteiger partial charge in [-0.15, -0.1) is 0 Å². The van der Waals surface area contributed by atoms with E-state index in [9.17, 15) is 0 Å². The van der Waals surface area contributed by atoms with Gasteiger partial charge in [0.1, 0.15) is 12.0 Å². The van der Waals surface area contributed by atoms with Gasteiger partial charge in [0.2, 0.25) is 0 Å². The highest BCUT2D eigenvalue weighted by molar-refractivity contribution is 5.49. The molecular formula is C14H19N5. The average molecular weight is 257 g/mol. The zero-order valence-corrected chi connectivity index (χ0v) is 11.2. The van der Waals surface area contributed by atoms with Crippen LogP contribution in [0.15, 0.2) is 24.8 Å². The number of aromatic nitrogens is 4. The molecule has 0 unspecified atom stereocenters. The fraction of sp³-hybridized carbons (Fsp3) is 0.500. The van der Waals surface area contributed by atoms with Gasteiger partial charge in [-0.1, -0.05) is 0 Å². The van der Waals surface area contributed by atoms with Crippen molar-refractivity contribution in [2.24, 2.45) is 13.0 Å². The predicted octanol–water partition coefficient (Wildman–Crippen LogP) is 1.42. The highest BCUT2D eigenvalue weighted by Gasteiger charge is 2.15. The first-order chi connectivity index (χ1) is 9.33. The molecule has 1 N–H and O–H groups in total. The first-order valence-corrected chi connectivity index (χ1v) is 6.82. The Bertz CT molecular complexity index is 542. The van der Waals surface area contributed by atoms with Crippen LogP contribution in [-0.2, 0) is 13.5 Å². The lowest BCUT2D eigenvalue weighted by Crippen LogP contribution is -2.31. The van der Waals surface area contributed by atoms with Gasteiger partial charge in [0, 0.05) is 25.1 Å². The molecule has 3 heterocycles. The van der Waals surface area contributed by atoms with Crippen LogP contribution in [-0.4, -0.2) is 32.6 Å². The van der Waals surface area contributed by atoms with Gasteiger partial charge in [-0.05, 0) is 44.3 Å². The standard InChI is InChI=1S/C14H19N5/c1-19-6-5-16-14(19)13-8-12(17-10-18-13)7-11-3-2-4-15-9-11/h5-6,8,10-11,15H,2-4,7,9H2,1H3/t11-/m0/s1. The van der Waals surface area contributed by atoms with Gasteiger partial charge < -0.3 is 9.88 Å². The smallest absolute Gasteiger partial charge is 0.158 e. The van der Waals surface area contributed by atoms with Gasteiger partial charge >= 0.3 is 0 Å². The van der Waals surface area contributed by atoms with Crippen LogP contribution >= 0.6 is 0 Å². The number of hydrogen-bond donors (Lipinski definition) is 1. The van der Waals surface area contributed by atoms with Crippen LogP contribution in [0.2, 0.25) is 0 Å². The third-order valence-electron chi connectivity index (χ3n) is 3.67. The Morgan fingerprint density at radius 1 is 1.37 bits per heavy atom. The highest BCUT2D eigenvalue weighted by Crippen LogP contribution is 2.18. The Labute approximate surface area is 113 Å². The largest absolute Gasteiger partial charge is 0.333 e. The van der Waals surface area contributed by atoms with E-state index in [1.54, 1.807) is 12.5 Å². The van der Waals surface area contributed by atoms with Gasteiger partial charge in [0.25, 0.3) is 0 Å². The molecule has 0 aromatic carbocycles. The second-order valence-corrected chi connectivity index (χ2v) is 5.17. The summed E-state index contributed by atoms with van der Waals surface area (Å²) in [5, 5.41) is 3.45. The number of imidazole rings is 1. The fourth-order valence-electron chi connectivity index (χ4n) is 2.64. The molecule has 0 amide bonds. The molecule has 1 saturated heterocycles. The summed E-state index contributed by atoms with van der Waals surface area (Å²) in [6.07, 6.45) is 8.95. The minimum Gasteiger partial charge on any atom is -0.333 e. The summed E-state index contributed by atoms with van der Waals surface area (Å²) < 4.78 is 1.98. The van der Waals surface area contributed by atoms with Gasteiger partial charge in [0.15, 0.2) is 5.82 Å². The van der Waals surface area contributed by atoms with Crippen molar-refractivity contribution >= 4 is 0 Å². The number of hydrogen-bond acceptors (Lipinski definition) is 4. The summed E-state index contributed by atoms with van der Waals surface area (Å²) in [4.78, 5) is 13.1. The minimum atomic E-state index is 0.692. The van der Waals surface area contributed by atoms with E-state index < -0.39 is 0 Å². The van der Waals surface area contributed by atoms with Crippen molar-refractivity contribution < 1.29 is 0 Å². The minimum absolute atomic E-state index is 0.692. The van der Waals surface area contributed by atoms with Crippen molar-refractivity contribution in [2.75, 3.05) is 13.1 Å². The average Bonchev–Trinajstić information content (AvgIpc) is 2.86. The number of nitrogens with one attached hydrogen (secondary N) is 1. The molecule has 19 heavy (non-hydrogen) atoms. The van der Waals surface area contributed by atoms with Gasteiger partial charge in [-0.2, -0.15) is 0 Å². The molecule has 3 rings (SSSR count). The SMILES string of the molecule is Cn1ccnc1-c1cc(C[C@@H]2CCCNC2)ncn1. The van der Waals surface area contributed by atoms with Crippen molar-refractivity contribution in [1.29, 1.82) is 0 Å². The first-order valence-electron chi connectivity index (χ1n) is 6.82. The number of nitrogens with zero attached hydrogens (tertiary/aromatic N) is 4. The molecular weight excluding hydrogens is 238 g/mol. The van der Waals surface area contributed by atoms with E-state index in [0.29, 0.717) is 5.92 Å². The lowest BCUT2D eigenvalue weighted by atomic mass is 9.94. The number of piperidine rings is 1. The molecule has 1 aliphatic heterocycles. The number of aryl methyl sites for hydroxylation is 1. The van der Waals surface area contributed by atoms with Crippen LogP contribution in [0, 0.1) is 5.92 Å². The molecule has 0 spiro atoms. The summed E-state index contributed by atoms with van der Waals surface area (Å²) in [7, 11) is 1.98. The van der Waals surface area contributed by atoms with E-state index in [2.05, 4.69) is 26.3 Å². The van der Waals surface area contributed by atoms with Crippen molar-refractivity contribution in [3.63, 3.8) is 0 Å². The van der Waals surface area contributed by atoms with Gasteiger partial charge in [0.05, 0.1) is 0 Å². The summed E-state index contributed by atoms with van der Waals surface area (Å²) in [5.41, 5.74) is 2.02. The van der Waals surface area contributed by atoms with Crippen LogP contribution in [0.3, 0.4) is 0 Å². The monoisotopic (exact) mass is 257 g/mol. The summed E-state index contributed by atoms with van der Waals surface area (Å²) >= 11 is 0. The van der Waals surface area contributed by atoms with E-state index in [4.69, 9.17) is 0 Å². The van der Waals surface area contributed by atoms with Crippen molar-refractivity contribution in [3.8, 4) is 11.5 Å². The fourth-order valence-corrected chi connectivity index (χ4v) is 2.64. The zero-order chi connectivity index (χ0) is 13.1. The van der Waals surface area contributed by atoms with Crippen molar-refractivity contribution in [2.45, 2.75) is 19.3 Å². The van der Waals surface area contributed by atoms with Crippen molar-refractivity contribution in [1.82, 2.24) is 24.8 Å². The molecule has 1 fully saturated rings. The molecule has 1 atom stereocenters. The molecule has 0 saturated carbocycles. The maximum absolute atomic E-state index is 4.40.